The molecule has 0 aromatic carbocycles. The molecule has 0 heterocycles. The van der Waals surface area contributed by atoms with Crippen LogP contribution < -0.4 is 15.7 Å². The van der Waals surface area contributed by atoms with Gasteiger partial charge in [0.1, 0.15) is 25.2 Å². The molecule has 0 amide bonds. The molecule has 0 aliphatic rings. The Hall–Kier alpha value is -1.52. The number of phosphoric ester groups is 1. The maximum absolute atomic E-state index is 12.5. The molecule has 3 atom stereocenters. The maximum Gasteiger partial charge on any atom is 0.306 e. The summed E-state index contributed by atoms with van der Waals surface area (Å²) in [6.45, 7) is 2.70. The molecule has 3 N–H and O–H groups in total. The average Bonchev–Trinajstić information content (AvgIpc) is 3.09. The number of hydrogen-bond acceptors (Lipinski definition) is 10. The zero-order valence-electron chi connectivity index (χ0n) is 31.8. The first kappa shape index (κ1) is 48.5. The number of carbonyl (C=O) groups excluding carboxylic acids is 3. The number of unbranched alkanes of at least 4 members (excludes halogenated alkanes) is 24. The number of hydrogen-bond donors (Lipinski definition) is 1. The van der Waals surface area contributed by atoms with Crippen LogP contribution in [0.3, 0.4) is 0 Å². The SMILES string of the molecule is CCCCCCCCCCCCCCCC(=O)OCC(COP(=O)([O-])OCC([NH3+])C(=O)[O-])OC(=O)CCCCCCCCCCCCCCC. The van der Waals surface area contributed by atoms with E-state index in [9.17, 15) is 28.9 Å². The fourth-order valence-electron chi connectivity index (χ4n) is 5.65. The Bertz CT molecular complexity index is 875. The first-order valence-electron chi connectivity index (χ1n) is 20.1. The van der Waals surface area contributed by atoms with Crippen molar-refractivity contribution >= 4 is 25.7 Å². The number of esters is 2. The molecule has 0 radical (unpaired) electrons. The summed E-state index contributed by atoms with van der Waals surface area (Å²) in [6.07, 6.45) is 30.0. The Morgan fingerprint density at radius 1 is 0.540 bits per heavy atom. The van der Waals surface area contributed by atoms with E-state index in [1.165, 1.54) is 116 Å². The lowest BCUT2D eigenvalue weighted by atomic mass is 10.0. The van der Waals surface area contributed by atoms with Gasteiger partial charge in [-0.25, -0.2) is 0 Å². The number of carboxylic acid groups (broad SMARTS) is 1. The summed E-state index contributed by atoms with van der Waals surface area (Å²) >= 11 is 0. The minimum Gasteiger partial charge on any atom is -0.756 e. The van der Waals surface area contributed by atoms with Gasteiger partial charge in [0.05, 0.1) is 6.61 Å². The summed E-state index contributed by atoms with van der Waals surface area (Å²) in [4.78, 5) is 47.9. The first-order chi connectivity index (χ1) is 24.1. The van der Waals surface area contributed by atoms with Gasteiger partial charge in [-0.1, -0.05) is 168 Å². The molecule has 0 bridgehead atoms. The van der Waals surface area contributed by atoms with Gasteiger partial charge in [-0.2, -0.15) is 0 Å². The van der Waals surface area contributed by atoms with Gasteiger partial charge >= 0.3 is 11.9 Å². The quantitative estimate of drug-likeness (QED) is 0.0385. The number of carboxylic acids is 1. The van der Waals surface area contributed by atoms with Crippen LogP contribution in [0.25, 0.3) is 0 Å². The zero-order chi connectivity index (χ0) is 37.1. The lowest BCUT2D eigenvalue weighted by Gasteiger charge is -2.26. The van der Waals surface area contributed by atoms with Crippen molar-refractivity contribution in [3.05, 3.63) is 0 Å². The molecule has 0 aliphatic carbocycles. The normalized spacial score (nSPS) is 13.8. The lowest BCUT2D eigenvalue weighted by molar-refractivity contribution is -0.441. The van der Waals surface area contributed by atoms with E-state index < -0.39 is 51.1 Å². The minimum absolute atomic E-state index is 0.154. The van der Waals surface area contributed by atoms with Crippen LogP contribution in [0.15, 0.2) is 0 Å². The molecule has 0 fully saturated rings. The second-order valence-corrected chi connectivity index (χ2v) is 15.2. The van der Waals surface area contributed by atoms with E-state index in [-0.39, 0.29) is 19.4 Å². The molecule has 0 saturated heterocycles. The predicted octanol–water partition coefficient (Wildman–Crippen LogP) is 7.27. The summed E-state index contributed by atoms with van der Waals surface area (Å²) < 4.78 is 32.2. The van der Waals surface area contributed by atoms with Crippen LogP contribution in [-0.2, 0) is 37.5 Å². The highest BCUT2D eigenvalue weighted by molar-refractivity contribution is 7.45. The number of carbonyl (C=O) groups is 3. The molecule has 0 rings (SSSR count). The predicted molar refractivity (Wildman–Crippen MR) is 193 cm³/mol. The Morgan fingerprint density at radius 2 is 0.880 bits per heavy atom. The van der Waals surface area contributed by atoms with Gasteiger partial charge in [-0.3, -0.25) is 14.2 Å². The number of ether oxygens (including phenoxy) is 2. The Labute approximate surface area is 304 Å². The summed E-state index contributed by atoms with van der Waals surface area (Å²) in [6, 6.07) is -1.42. The van der Waals surface area contributed by atoms with Crippen LogP contribution in [-0.4, -0.2) is 49.9 Å². The second kappa shape index (κ2) is 34.6. The van der Waals surface area contributed by atoms with Gasteiger partial charge in [0, 0.05) is 12.8 Å². The van der Waals surface area contributed by atoms with Gasteiger partial charge in [-0.15, -0.1) is 0 Å². The van der Waals surface area contributed by atoms with Gasteiger partial charge < -0.3 is 39.0 Å². The molecule has 50 heavy (non-hydrogen) atoms. The average molecular weight is 735 g/mol. The number of rotatable bonds is 38. The van der Waals surface area contributed by atoms with E-state index in [1.54, 1.807) is 0 Å². The zero-order valence-corrected chi connectivity index (χ0v) is 32.7. The van der Waals surface area contributed by atoms with Crippen molar-refractivity contribution in [1.29, 1.82) is 0 Å². The molecule has 0 aromatic heterocycles. The van der Waals surface area contributed by atoms with Crippen LogP contribution in [0.2, 0.25) is 0 Å². The monoisotopic (exact) mass is 734 g/mol. The van der Waals surface area contributed by atoms with Crippen LogP contribution in [0, 0.1) is 0 Å². The van der Waals surface area contributed by atoms with E-state index in [1.807, 2.05) is 0 Å². The molecular formula is C38H73NO10P-. The number of aliphatic carboxylic acids is 1. The molecule has 11 nitrogen and oxygen atoms in total. The van der Waals surface area contributed by atoms with Crippen LogP contribution in [0.1, 0.15) is 194 Å². The lowest BCUT2D eigenvalue weighted by Crippen LogP contribution is -2.70. The summed E-state index contributed by atoms with van der Waals surface area (Å²) in [5.41, 5.74) is 3.24. The fourth-order valence-corrected chi connectivity index (χ4v) is 6.44. The van der Waals surface area contributed by atoms with Gasteiger partial charge in [0.2, 0.25) is 0 Å². The maximum atomic E-state index is 12.5. The fraction of sp³-hybridized carbons (Fsp3) is 0.921. The summed E-state index contributed by atoms with van der Waals surface area (Å²) in [5.74, 6) is -2.56. The van der Waals surface area contributed by atoms with Crippen molar-refractivity contribution in [3.8, 4) is 0 Å². The van der Waals surface area contributed by atoms with Gasteiger partial charge in [0.25, 0.3) is 7.82 Å². The molecule has 0 spiro atoms. The van der Waals surface area contributed by atoms with E-state index in [2.05, 4.69) is 24.1 Å². The van der Waals surface area contributed by atoms with Crippen molar-refractivity contribution in [2.24, 2.45) is 0 Å². The highest BCUT2D eigenvalue weighted by Gasteiger charge is 2.22. The van der Waals surface area contributed by atoms with Gasteiger partial charge in [0.15, 0.2) is 6.10 Å². The van der Waals surface area contributed by atoms with E-state index in [0.29, 0.717) is 12.8 Å². The third-order valence-corrected chi connectivity index (χ3v) is 9.81. The molecule has 3 unspecified atom stereocenters. The van der Waals surface area contributed by atoms with Crippen molar-refractivity contribution in [2.45, 2.75) is 206 Å². The van der Waals surface area contributed by atoms with E-state index >= 15 is 0 Å². The van der Waals surface area contributed by atoms with Crippen molar-refractivity contribution in [1.82, 2.24) is 0 Å². The highest BCUT2D eigenvalue weighted by atomic mass is 31.2. The van der Waals surface area contributed by atoms with Crippen LogP contribution >= 0.6 is 7.82 Å². The number of quaternary nitrogens is 1. The van der Waals surface area contributed by atoms with Crippen LogP contribution in [0.5, 0.6) is 0 Å². The Balaban J connectivity index is 4.38. The third-order valence-electron chi connectivity index (χ3n) is 8.88. The van der Waals surface area contributed by atoms with E-state index in [0.717, 1.165) is 38.5 Å². The standard InChI is InChI=1S/C38H74NO10P/c1-3-5-7-9-11-13-15-17-19-21-23-25-27-29-36(40)46-31-34(32-47-50(44,45)48-33-35(39)38(42)43)49-37(41)30-28-26-24-22-20-18-16-14-12-10-8-6-4-2/h34-35H,3-33,39H2,1-2H3,(H,42,43)(H,44,45)/p-1. The van der Waals surface area contributed by atoms with E-state index in [4.69, 9.17) is 14.0 Å². The molecule has 12 heteroatoms. The van der Waals surface area contributed by atoms with Gasteiger partial charge in [-0.05, 0) is 12.8 Å². The summed E-state index contributed by atoms with van der Waals surface area (Å²) in [7, 11) is -4.94. The molecule has 0 aliphatic heterocycles. The second-order valence-electron chi connectivity index (χ2n) is 13.8. The Morgan fingerprint density at radius 3 is 1.26 bits per heavy atom. The van der Waals surface area contributed by atoms with Crippen molar-refractivity contribution < 1.29 is 53.2 Å². The largest absolute Gasteiger partial charge is 0.756 e. The molecule has 0 aromatic rings. The summed E-state index contributed by atoms with van der Waals surface area (Å²) in [5, 5.41) is 10.8. The molecular weight excluding hydrogens is 661 g/mol. The molecule has 296 valence electrons. The Kier molecular flexibility index (Phi) is 33.5. The molecule has 0 saturated carbocycles. The smallest absolute Gasteiger partial charge is 0.306 e. The highest BCUT2D eigenvalue weighted by Crippen LogP contribution is 2.38. The minimum atomic E-state index is -4.94. The van der Waals surface area contributed by atoms with Crippen molar-refractivity contribution in [2.75, 3.05) is 19.8 Å². The topological polar surface area (TPSA) is 179 Å². The third kappa shape index (κ3) is 33.6. The van der Waals surface area contributed by atoms with Crippen LogP contribution in [0.4, 0.5) is 0 Å². The first-order valence-corrected chi connectivity index (χ1v) is 21.6. The van der Waals surface area contributed by atoms with Crippen molar-refractivity contribution in [3.63, 3.8) is 0 Å². The number of phosphoric acid groups is 1.